The number of alkyl halides is 3. The van der Waals surface area contributed by atoms with Crippen LogP contribution in [-0.4, -0.2) is 17.6 Å². The number of benzene rings is 1. The van der Waals surface area contributed by atoms with E-state index >= 15 is 0 Å². The van der Waals surface area contributed by atoms with Crippen LogP contribution in [0.2, 0.25) is 0 Å². The van der Waals surface area contributed by atoms with Crippen LogP contribution in [0.1, 0.15) is 25.3 Å². The Balaban J connectivity index is 2.00. The monoisotopic (exact) mass is 260 g/mol. The van der Waals surface area contributed by atoms with Crippen LogP contribution < -0.4 is 4.74 Å². The van der Waals surface area contributed by atoms with E-state index in [4.69, 9.17) is 0 Å². The van der Waals surface area contributed by atoms with Crippen LogP contribution in [0, 0.1) is 5.41 Å². The number of halogens is 3. The van der Waals surface area contributed by atoms with Gasteiger partial charge in [0.15, 0.2) is 0 Å². The second kappa shape index (κ2) is 4.46. The fourth-order valence-corrected chi connectivity index (χ4v) is 2.12. The zero-order chi connectivity index (χ0) is 13.4. The summed E-state index contributed by atoms with van der Waals surface area (Å²) in [6, 6.07) is 5.84. The van der Waals surface area contributed by atoms with Gasteiger partial charge in [0.25, 0.3) is 0 Å². The van der Waals surface area contributed by atoms with E-state index in [0.29, 0.717) is 6.42 Å². The van der Waals surface area contributed by atoms with Crippen molar-refractivity contribution in [2.75, 3.05) is 0 Å². The Morgan fingerprint density at radius 2 is 1.83 bits per heavy atom. The van der Waals surface area contributed by atoms with E-state index in [0.717, 1.165) is 18.4 Å². The molecule has 0 spiro atoms. The van der Waals surface area contributed by atoms with Crippen molar-refractivity contribution in [3.63, 3.8) is 0 Å². The van der Waals surface area contributed by atoms with Crippen molar-refractivity contribution >= 4 is 0 Å². The van der Waals surface area contributed by atoms with Crippen LogP contribution in [-0.2, 0) is 6.42 Å². The van der Waals surface area contributed by atoms with Gasteiger partial charge in [-0.3, -0.25) is 0 Å². The highest BCUT2D eigenvalue weighted by atomic mass is 19.4. The molecule has 1 atom stereocenters. The highest BCUT2D eigenvalue weighted by Crippen LogP contribution is 2.51. The predicted octanol–water partition coefficient (Wildman–Crippen LogP) is 3.29. The lowest BCUT2D eigenvalue weighted by molar-refractivity contribution is -0.274. The fourth-order valence-electron chi connectivity index (χ4n) is 2.12. The molecule has 1 unspecified atom stereocenters. The quantitative estimate of drug-likeness (QED) is 0.900. The predicted molar refractivity (Wildman–Crippen MR) is 60.2 cm³/mol. The zero-order valence-electron chi connectivity index (χ0n) is 10.00. The summed E-state index contributed by atoms with van der Waals surface area (Å²) >= 11 is 0. The molecule has 0 saturated heterocycles. The molecule has 1 saturated carbocycles. The molecular weight excluding hydrogens is 245 g/mol. The van der Waals surface area contributed by atoms with Crippen LogP contribution >= 0.6 is 0 Å². The van der Waals surface area contributed by atoms with Gasteiger partial charge in [0.05, 0.1) is 6.10 Å². The van der Waals surface area contributed by atoms with E-state index in [1.807, 2.05) is 0 Å². The van der Waals surface area contributed by atoms with Gasteiger partial charge in [-0.25, -0.2) is 0 Å². The second-order valence-electron chi connectivity index (χ2n) is 4.91. The molecule has 1 aromatic carbocycles. The first kappa shape index (κ1) is 13.2. The van der Waals surface area contributed by atoms with Gasteiger partial charge in [0.2, 0.25) is 0 Å². The largest absolute Gasteiger partial charge is 0.573 e. The van der Waals surface area contributed by atoms with Crippen molar-refractivity contribution in [3.05, 3.63) is 29.8 Å². The maximum Gasteiger partial charge on any atom is 0.573 e. The van der Waals surface area contributed by atoms with Crippen LogP contribution in [0.15, 0.2) is 24.3 Å². The maximum atomic E-state index is 12.0. The minimum atomic E-state index is -4.65. The first-order chi connectivity index (χ1) is 8.31. The Morgan fingerprint density at radius 3 is 2.22 bits per heavy atom. The van der Waals surface area contributed by atoms with Crippen molar-refractivity contribution < 1.29 is 23.0 Å². The number of ether oxygens (including phenoxy) is 1. The molecule has 0 aliphatic heterocycles. The van der Waals surface area contributed by atoms with Crippen LogP contribution in [0.3, 0.4) is 0 Å². The molecule has 100 valence electrons. The SMILES string of the molecule is CC(O)C1(Cc2ccc(OC(F)(F)F)cc2)CC1. The molecule has 5 heteroatoms. The van der Waals surface area contributed by atoms with Crippen molar-refractivity contribution in [3.8, 4) is 5.75 Å². The summed E-state index contributed by atoms with van der Waals surface area (Å²) in [5.74, 6) is -0.215. The molecule has 2 nitrogen and oxygen atoms in total. The third-order valence-electron chi connectivity index (χ3n) is 3.49. The van der Waals surface area contributed by atoms with Gasteiger partial charge in [-0.15, -0.1) is 13.2 Å². The number of aliphatic hydroxyl groups is 1. The Hall–Kier alpha value is -1.23. The molecule has 2 rings (SSSR count). The highest BCUT2D eigenvalue weighted by molar-refractivity contribution is 5.29. The maximum absolute atomic E-state index is 12.0. The van der Waals surface area contributed by atoms with E-state index in [2.05, 4.69) is 4.74 Å². The Morgan fingerprint density at radius 1 is 1.28 bits per heavy atom. The van der Waals surface area contributed by atoms with Gasteiger partial charge in [-0.05, 0) is 43.9 Å². The van der Waals surface area contributed by atoms with Gasteiger partial charge < -0.3 is 9.84 Å². The zero-order valence-corrected chi connectivity index (χ0v) is 10.00. The summed E-state index contributed by atoms with van der Waals surface area (Å²) in [5, 5.41) is 9.64. The molecule has 1 aromatic rings. The van der Waals surface area contributed by atoms with Crippen LogP contribution in [0.25, 0.3) is 0 Å². The number of hydrogen-bond acceptors (Lipinski definition) is 2. The lowest BCUT2D eigenvalue weighted by atomic mass is 9.92. The minimum absolute atomic E-state index is 0.0770. The number of rotatable bonds is 4. The molecule has 0 amide bonds. The lowest BCUT2D eigenvalue weighted by Crippen LogP contribution is -2.20. The van der Waals surface area contributed by atoms with Gasteiger partial charge in [0.1, 0.15) is 5.75 Å². The molecule has 0 aromatic heterocycles. The molecule has 0 bridgehead atoms. The van der Waals surface area contributed by atoms with E-state index < -0.39 is 6.36 Å². The normalized spacial score (nSPS) is 19.4. The molecule has 0 radical (unpaired) electrons. The number of aliphatic hydroxyl groups excluding tert-OH is 1. The summed E-state index contributed by atoms with van der Waals surface area (Å²) in [5.41, 5.74) is 0.842. The first-order valence-electron chi connectivity index (χ1n) is 5.84. The Kier molecular flexibility index (Phi) is 3.27. The first-order valence-corrected chi connectivity index (χ1v) is 5.84. The third-order valence-corrected chi connectivity index (χ3v) is 3.49. The highest BCUT2D eigenvalue weighted by Gasteiger charge is 2.46. The molecule has 0 heterocycles. The molecule has 1 fully saturated rings. The lowest BCUT2D eigenvalue weighted by Gasteiger charge is -2.18. The topological polar surface area (TPSA) is 29.5 Å². The van der Waals surface area contributed by atoms with Crippen molar-refractivity contribution in [1.82, 2.24) is 0 Å². The van der Waals surface area contributed by atoms with Gasteiger partial charge in [-0.2, -0.15) is 0 Å². The Bertz CT molecular complexity index is 405. The van der Waals surface area contributed by atoms with Crippen molar-refractivity contribution in [2.45, 2.75) is 38.7 Å². The molecule has 18 heavy (non-hydrogen) atoms. The molecular formula is C13H15F3O2. The standard InChI is InChI=1S/C13H15F3O2/c1-9(17)12(6-7-12)8-10-2-4-11(5-3-10)18-13(14,15)16/h2-5,9,17H,6-8H2,1H3. The van der Waals surface area contributed by atoms with Gasteiger partial charge in [-0.1, -0.05) is 12.1 Å². The smallest absolute Gasteiger partial charge is 0.406 e. The molecule has 1 aliphatic carbocycles. The average molecular weight is 260 g/mol. The second-order valence-corrected chi connectivity index (χ2v) is 4.91. The number of hydrogen-bond donors (Lipinski definition) is 1. The van der Waals surface area contributed by atoms with E-state index in [1.54, 1.807) is 19.1 Å². The minimum Gasteiger partial charge on any atom is -0.406 e. The van der Waals surface area contributed by atoms with E-state index in [9.17, 15) is 18.3 Å². The third kappa shape index (κ3) is 3.16. The van der Waals surface area contributed by atoms with Crippen LogP contribution in [0.4, 0.5) is 13.2 Å². The summed E-state index contributed by atoms with van der Waals surface area (Å²) in [6.07, 6.45) is -2.42. The summed E-state index contributed by atoms with van der Waals surface area (Å²) < 4.78 is 39.7. The molecule has 1 N–H and O–H groups in total. The fraction of sp³-hybridized carbons (Fsp3) is 0.538. The summed E-state index contributed by atoms with van der Waals surface area (Å²) in [7, 11) is 0. The van der Waals surface area contributed by atoms with Crippen molar-refractivity contribution in [2.24, 2.45) is 5.41 Å². The average Bonchev–Trinajstić information content (AvgIpc) is 3.00. The summed E-state index contributed by atoms with van der Waals surface area (Å²) in [6.45, 7) is 1.76. The van der Waals surface area contributed by atoms with E-state index in [1.165, 1.54) is 12.1 Å². The summed E-state index contributed by atoms with van der Waals surface area (Å²) in [4.78, 5) is 0. The Labute approximate surface area is 103 Å². The van der Waals surface area contributed by atoms with Gasteiger partial charge in [0, 0.05) is 5.41 Å². The van der Waals surface area contributed by atoms with Crippen molar-refractivity contribution in [1.29, 1.82) is 0 Å². The van der Waals surface area contributed by atoms with E-state index in [-0.39, 0.29) is 17.3 Å². The van der Waals surface area contributed by atoms with Crippen LogP contribution in [0.5, 0.6) is 5.75 Å². The van der Waals surface area contributed by atoms with Gasteiger partial charge >= 0.3 is 6.36 Å². The molecule has 1 aliphatic rings.